The summed E-state index contributed by atoms with van der Waals surface area (Å²) in [5.41, 5.74) is 4.67. The number of ether oxygens (including phenoxy) is 1. The summed E-state index contributed by atoms with van der Waals surface area (Å²) in [5.74, 6) is -1.18. The van der Waals surface area contributed by atoms with Crippen molar-refractivity contribution in [1.82, 2.24) is 10.2 Å². The van der Waals surface area contributed by atoms with E-state index >= 15 is 0 Å². The van der Waals surface area contributed by atoms with E-state index in [-0.39, 0.29) is 42.9 Å². The third-order valence-electron chi connectivity index (χ3n) is 7.39. The molecule has 0 saturated carbocycles. The molecule has 5 rings (SSSR count). The summed E-state index contributed by atoms with van der Waals surface area (Å²) >= 11 is 0. The fourth-order valence-electron chi connectivity index (χ4n) is 5.76. The minimum Gasteiger partial charge on any atom is -0.481 e. The van der Waals surface area contributed by atoms with Gasteiger partial charge in [-0.05, 0) is 47.9 Å². The minimum atomic E-state index is -0.881. The number of hydrogen-bond donors (Lipinski definition) is 2. The molecule has 3 atom stereocenters. The minimum absolute atomic E-state index is 0.00860. The Morgan fingerprint density at radius 3 is 2.40 bits per heavy atom. The molecule has 2 N–H and O–H groups in total. The fourth-order valence-corrected chi connectivity index (χ4v) is 5.76. The van der Waals surface area contributed by atoms with Crippen LogP contribution in [0.4, 0.5) is 4.79 Å². The number of amides is 2. The van der Waals surface area contributed by atoms with E-state index in [1.165, 1.54) is 11.1 Å². The molecule has 0 radical (unpaired) electrons. The number of hydrogen-bond acceptors (Lipinski definition) is 4. The number of fused-ring (bicyclic) bond motifs is 3. The van der Waals surface area contributed by atoms with Crippen molar-refractivity contribution in [2.24, 2.45) is 5.92 Å². The van der Waals surface area contributed by atoms with E-state index in [2.05, 4.69) is 29.6 Å². The van der Waals surface area contributed by atoms with E-state index in [1.807, 2.05) is 36.4 Å². The first-order valence-electron chi connectivity index (χ1n) is 12.3. The topological polar surface area (TPSA) is 95.9 Å². The maximum atomic E-state index is 13.1. The van der Waals surface area contributed by atoms with Crippen LogP contribution in [0, 0.1) is 5.92 Å². The highest BCUT2D eigenvalue weighted by atomic mass is 16.5. The summed E-state index contributed by atoms with van der Waals surface area (Å²) in [6.45, 7) is 0.838. The van der Waals surface area contributed by atoms with Crippen LogP contribution in [-0.4, -0.2) is 53.2 Å². The maximum Gasteiger partial charge on any atom is 0.407 e. The molecular weight excluding hydrogens is 444 g/mol. The van der Waals surface area contributed by atoms with Crippen LogP contribution in [0.3, 0.4) is 0 Å². The van der Waals surface area contributed by atoms with E-state index in [0.717, 1.165) is 24.0 Å². The van der Waals surface area contributed by atoms with Gasteiger partial charge in [-0.1, -0.05) is 60.7 Å². The Kier molecular flexibility index (Phi) is 6.57. The van der Waals surface area contributed by atoms with E-state index in [9.17, 15) is 14.4 Å². The molecule has 2 aromatic carbocycles. The molecule has 7 heteroatoms. The van der Waals surface area contributed by atoms with Crippen LogP contribution in [0.1, 0.15) is 49.1 Å². The van der Waals surface area contributed by atoms with E-state index in [0.29, 0.717) is 19.4 Å². The number of carbonyl (C=O) groups excluding carboxylic acids is 2. The Morgan fingerprint density at radius 2 is 1.71 bits per heavy atom. The molecule has 0 unspecified atom stereocenters. The van der Waals surface area contributed by atoms with Gasteiger partial charge in [0.15, 0.2) is 0 Å². The third kappa shape index (κ3) is 4.81. The molecule has 3 aliphatic rings. The van der Waals surface area contributed by atoms with Gasteiger partial charge in [0.05, 0.1) is 12.5 Å². The molecule has 1 heterocycles. The van der Waals surface area contributed by atoms with Crippen LogP contribution in [0.25, 0.3) is 11.1 Å². The molecule has 1 aliphatic heterocycles. The molecule has 2 aliphatic carbocycles. The lowest BCUT2D eigenvalue weighted by atomic mass is 9.89. The Morgan fingerprint density at radius 1 is 1.03 bits per heavy atom. The number of allylic oxidation sites excluding steroid dienone is 1. The zero-order valence-electron chi connectivity index (χ0n) is 19.6. The molecule has 0 spiro atoms. The highest BCUT2D eigenvalue weighted by molar-refractivity contribution is 5.81. The van der Waals surface area contributed by atoms with Crippen molar-refractivity contribution < 1.29 is 24.2 Å². The summed E-state index contributed by atoms with van der Waals surface area (Å²) in [6, 6.07) is 15.9. The Bertz CT molecular complexity index is 1110. The zero-order chi connectivity index (χ0) is 24.4. The quantitative estimate of drug-likeness (QED) is 0.608. The zero-order valence-corrected chi connectivity index (χ0v) is 19.6. The second-order valence-electron chi connectivity index (χ2n) is 9.60. The van der Waals surface area contributed by atoms with Crippen LogP contribution >= 0.6 is 0 Å². The van der Waals surface area contributed by atoms with E-state index in [4.69, 9.17) is 9.84 Å². The van der Waals surface area contributed by atoms with Crippen molar-refractivity contribution in [2.75, 3.05) is 13.2 Å². The molecular formula is C28H30N2O5. The molecule has 7 nitrogen and oxygen atoms in total. The molecule has 1 fully saturated rings. The number of carboxylic acids is 1. The van der Waals surface area contributed by atoms with Crippen molar-refractivity contribution in [3.8, 4) is 11.1 Å². The van der Waals surface area contributed by atoms with Gasteiger partial charge in [-0.15, -0.1) is 0 Å². The number of alkyl carbamates (subject to hydrolysis) is 1. The van der Waals surface area contributed by atoms with Crippen molar-refractivity contribution in [3.63, 3.8) is 0 Å². The SMILES string of the molecule is O=C(O)C[C@H]1CCCN1C(=O)[C@@H]1CC=C[C@@H](NC(=O)OCC2c3ccccc3-c3ccccc32)C1. The van der Waals surface area contributed by atoms with Crippen LogP contribution in [0.5, 0.6) is 0 Å². The first kappa shape index (κ1) is 23.1. The summed E-state index contributed by atoms with van der Waals surface area (Å²) in [4.78, 5) is 38.7. The lowest BCUT2D eigenvalue weighted by molar-refractivity contribution is -0.141. The number of carboxylic acid groups (broad SMARTS) is 1. The van der Waals surface area contributed by atoms with Gasteiger partial charge in [0.2, 0.25) is 5.91 Å². The average Bonchev–Trinajstić information content (AvgIpc) is 3.44. The third-order valence-corrected chi connectivity index (χ3v) is 7.39. The molecule has 1 saturated heterocycles. The second kappa shape index (κ2) is 9.94. The van der Waals surface area contributed by atoms with Gasteiger partial charge in [-0.3, -0.25) is 9.59 Å². The van der Waals surface area contributed by atoms with Gasteiger partial charge in [-0.2, -0.15) is 0 Å². The molecule has 0 aromatic heterocycles. The number of carbonyl (C=O) groups is 3. The highest BCUT2D eigenvalue weighted by Crippen LogP contribution is 2.44. The first-order valence-corrected chi connectivity index (χ1v) is 12.3. The van der Waals surface area contributed by atoms with Gasteiger partial charge < -0.3 is 20.1 Å². The van der Waals surface area contributed by atoms with Crippen molar-refractivity contribution in [1.29, 1.82) is 0 Å². The van der Waals surface area contributed by atoms with E-state index < -0.39 is 12.1 Å². The first-order chi connectivity index (χ1) is 17.0. The number of aliphatic carboxylic acids is 1. The normalized spacial score (nSPS) is 23.0. The predicted molar refractivity (Wildman–Crippen MR) is 131 cm³/mol. The predicted octanol–water partition coefficient (Wildman–Crippen LogP) is 4.33. The van der Waals surface area contributed by atoms with Crippen molar-refractivity contribution in [2.45, 2.75) is 50.1 Å². The lowest BCUT2D eigenvalue weighted by Crippen LogP contribution is -2.44. The Labute approximate surface area is 204 Å². The smallest absolute Gasteiger partial charge is 0.407 e. The van der Waals surface area contributed by atoms with Crippen LogP contribution in [-0.2, 0) is 14.3 Å². The fraction of sp³-hybridized carbons (Fsp3) is 0.393. The number of nitrogens with zero attached hydrogens (tertiary/aromatic N) is 1. The summed E-state index contributed by atoms with van der Waals surface area (Å²) < 4.78 is 5.65. The van der Waals surface area contributed by atoms with Gasteiger partial charge in [0.1, 0.15) is 6.61 Å². The largest absolute Gasteiger partial charge is 0.481 e. The van der Waals surface area contributed by atoms with Crippen LogP contribution < -0.4 is 5.32 Å². The number of benzene rings is 2. The average molecular weight is 475 g/mol. The lowest BCUT2D eigenvalue weighted by Gasteiger charge is -2.31. The number of likely N-dealkylation sites (tertiary alicyclic amines) is 1. The van der Waals surface area contributed by atoms with Gasteiger partial charge in [0, 0.05) is 24.4 Å². The summed E-state index contributed by atoms with van der Waals surface area (Å²) in [7, 11) is 0. The summed E-state index contributed by atoms with van der Waals surface area (Å²) in [5, 5.41) is 12.0. The van der Waals surface area contributed by atoms with E-state index in [1.54, 1.807) is 4.90 Å². The maximum absolute atomic E-state index is 13.1. The Balaban J connectivity index is 1.18. The molecule has 35 heavy (non-hydrogen) atoms. The molecule has 182 valence electrons. The summed E-state index contributed by atoms with van der Waals surface area (Å²) in [6.07, 6.45) is 5.94. The van der Waals surface area contributed by atoms with Crippen LogP contribution in [0.15, 0.2) is 60.7 Å². The Hall–Kier alpha value is -3.61. The highest BCUT2D eigenvalue weighted by Gasteiger charge is 2.36. The van der Waals surface area contributed by atoms with Crippen molar-refractivity contribution in [3.05, 3.63) is 71.8 Å². The van der Waals surface area contributed by atoms with Crippen LogP contribution in [0.2, 0.25) is 0 Å². The van der Waals surface area contributed by atoms with Gasteiger partial charge in [0.25, 0.3) is 0 Å². The number of nitrogens with one attached hydrogen (secondary N) is 1. The standard InChI is InChI=1S/C28H30N2O5/c31-26(32)16-20-9-6-14-30(20)27(33)18-7-5-8-19(15-18)29-28(34)35-17-25-23-12-3-1-10-21(23)22-11-2-4-13-24(22)25/h1-5,8,10-13,18-20,25H,6-7,9,14-17H2,(H,29,34)(H,31,32)/t18-,19-,20-/m1/s1. The number of rotatable bonds is 6. The van der Waals surface area contributed by atoms with Gasteiger partial charge in [-0.25, -0.2) is 4.79 Å². The second-order valence-corrected chi connectivity index (χ2v) is 9.60. The molecule has 2 amide bonds. The molecule has 2 aromatic rings. The monoisotopic (exact) mass is 474 g/mol. The van der Waals surface area contributed by atoms with Crippen molar-refractivity contribution >= 4 is 18.0 Å². The van der Waals surface area contributed by atoms with Gasteiger partial charge >= 0.3 is 12.1 Å². The molecule has 0 bridgehead atoms.